The maximum Gasteiger partial charge on any atom is 0.221 e. The predicted molar refractivity (Wildman–Crippen MR) is 44.2 cm³/mol. The van der Waals surface area contributed by atoms with Crippen molar-refractivity contribution in [1.29, 1.82) is 0 Å². The number of amides is 1. The zero-order valence-corrected chi connectivity index (χ0v) is 6.34. The van der Waals surface area contributed by atoms with Gasteiger partial charge in [0.05, 0.1) is 0 Å². The Hall–Kier alpha value is -1.41. The molecule has 0 aliphatic carbocycles. The van der Waals surface area contributed by atoms with Crippen LogP contribution in [0.5, 0.6) is 0 Å². The lowest BCUT2D eigenvalue weighted by atomic mass is 10.00. The molecule has 2 heteroatoms. The van der Waals surface area contributed by atoms with Gasteiger partial charge < -0.3 is 5.73 Å². The molecule has 0 aliphatic rings. The normalized spacial score (nSPS) is 11.1. The molecule has 0 heterocycles. The number of primary amides is 1. The second kappa shape index (κ2) is 5.38. The van der Waals surface area contributed by atoms with E-state index in [2.05, 4.69) is 11.8 Å². The summed E-state index contributed by atoms with van der Waals surface area (Å²) in [5.74, 6) is 4.21. The molecule has 1 amide bonds. The van der Waals surface area contributed by atoms with E-state index in [4.69, 9.17) is 18.6 Å². The van der Waals surface area contributed by atoms with Crippen molar-refractivity contribution in [2.24, 2.45) is 11.7 Å². The predicted octanol–water partition coefficient (Wildman–Crippen LogP) is 0.525. The standard InChI is InChI=1S/C9H11NO/c1-3-5-7-8(6-4-2)9(10)11/h1-2,8H,5-7H2,(H2,10,11). The monoisotopic (exact) mass is 149 g/mol. The fourth-order valence-electron chi connectivity index (χ4n) is 0.745. The maximum absolute atomic E-state index is 10.7. The molecule has 1 atom stereocenters. The van der Waals surface area contributed by atoms with Gasteiger partial charge in [-0.05, 0) is 6.42 Å². The second-order valence-electron chi connectivity index (χ2n) is 2.25. The topological polar surface area (TPSA) is 43.1 Å². The van der Waals surface area contributed by atoms with Gasteiger partial charge in [-0.25, -0.2) is 0 Å². The lowest BCUT2D eigenvalue weighted by Gasteiger charge is -2.06. The highest BCUT2D eigenvalue weighted by molar-refractivity contribution is 5.76. The van der Waals surface area contributed by atoms with Crippen LogP contribution < -0.4 is 5.73 Å². The van der Waals surface area contributed by atoms with Crippen molar-refractivity contribution in [2.75, 3.05) is 0 Å². The summed E-state index contributed by atoms with van der Waals surface area (Å²) < 4.78 is 0. The fourth-order valence-corrected chi connectivity index (χ4v) is 0.745. The summed E-state index contributed by atoms with van der Waals surface area (Å²) in [5.41, 5.74) is 5.06. The Balaban J connectivity index is 3.83. The third kappa shape index (κ3) is 4.06. The van der Waals surface area contributed by atoms with E-state index in [0.29, 0.717) is 19.3 Å². The Labute approximate surface area is 67.2 Å². The molecule has 0 bridgehead atoms. The van der Waals surface area contributed by atoms with Gasteiger partial charge in [-0.1, -0.05) is 0 Å². The quantitative estimate of drug-likeness (QED) is 0.582. The molecular weight excluding hydrogens is 138 g/mol. The average Bonchev–Trinajstić information content (AvgIpc) is 1.97. The third-order valence-corrected chi connectivity index (χ3v) is 1.40. The molecular formula is C9H11NO. The van der Waals surface area contributed by atoms with Crippen LogP contribution in [0.2, 0.25) is 0 Å². The van der Waals surface area contributed by atoms with Crippen molar-refractivity contribution in [2.45, 2.75) is 19.3 Å². The summed E-state index contributed by atoms with van der Waals surface area (Å²) in [6.07, 6.45) is 11.6. The Kier molecular flexibility index (Phi) is 4.69. The van der Waals surface area contributed by atoms with Crippen LogP contribution in [0.25, 0.3) is 0 Å². The Morgan fingerprint density at radius 1 is 1.45 bits per heavy atom. The van der Waals surface area contributed by atoms with Crippen molar-refractivity contribution < 1.29 is 4.79 Å². The van der Waals surface area contributed by atoms with Gasteiger partial charge >= 0.3 is 0 Å². The molecule has 11 heavy (non-hydrogen) atoms. The van der Waals surface area contributed by atoms with E-state index < -0.39 is 0 Å². The van der Waals surface area contributed by atoms with Crippen molar-refractivity contribution in [3.05, 3.63) is 0 Å². The zero-order valence-electron chi connectivity index (χ0n) is 6.34. The van der Waals surface area contributed by atoms with Crippen LogP contribution in [0.15, 0.2) is 0 Å². The van der Waals surface area contributed by atoms with Gasteiger partial charge in [-0.2, -0.15) is 0 Å². The average molecular weight is 149 g/mol. The molecule has 2 nitrogen and oxygen atoms in total. The minimum absolute atomic E-state index is 0.254. The molecule has 0 aromatic rings. The largest absolute Gasteiger partial charge is 0.369 e. The van der Waals surface area contributed by atoms with Gasteiger partial charge in [0.1, 0.15) is 0 Å². The van der Waals surface area contributed by atoms with Crippen LogP contribution in [0, 0.1) is 30.6 Å². The number of carbonyl (C=O) groups excluding carboxylic acids is 1. The molecule has 0 aliphatic heterocycles. The number of terminal acetylenes is 2. The molecule has 0 saturated heterocycles. The van der Waals surface area contributed by atoms with E-state index in [0.717, 1.165) is 0 Å². The van der Waals surface area contributed by atoms with E-state index >= 15 is 0 Å². The van der Waals surface area contributed by atoms with E-state index in [1.165, 1.54) is 0 Å². The smallest absolute Gasteiger partial charge is 0.221 e. The van der Waals surface area contributed by atoms with E-state index in [9.17, 15) is 4.79 Å². The van der Waals surface area contributed by atoms with Gasteiger partial charge in [-0.3, -0.25) is 4.79 Å². The molecule has 58 valence electrons. The van der Waals surface area contributed by atoms with Gasteiger partial charge in [0.15, 0.2) is 0 Å². The van der Waals surface area contributed by atoms with Crippen LogP contribution in [-0.2, 0) is 4.79 Å². The van der Waals surface area contributed by atoms with Gasteiger partial charge in [0.25, 0.3) is 0 Å². The van der Waals surface area contributed by atoms with E-state index in [1.54, 1.807) is 0 Å². The summed E-state index contributed by atoms with van der Waals surface area (Å²) in [7, 11) is 0. The Bertz CT molecular complexity index is 207. The molecule has 1 unspecified atom stereocenters. The number of hydrogen-bond acceptors (Lipinski definition) is 1. The minimum Gasteiger partial charge on any atom is -0.369 e. The van der Waals surface area contributed by atoms with Crippen molar-refractivity contribution in [3.8, 4) is 24.7 Å². The Morgan fingerprint density at radius 2 is 2.09 bits per heavy atom. The van der Waals surface area contributed by atoms with Gasteiger partial charge in [0, 0.05) is 18.8 Å². The third-order valence-electron chi connectivity index (χ3n) is 1.40. The van der Waals surface area contributed by atoms with Crippen LogP contribution in [0.4, 0.5) is 0 Å². The fraction of sp³-hybridized carbons (Fsp3) is 0.444. The molecule has 0 radical (unpaired) electrons. The highest BCUT2D eigenvalue weighted by atomic mass is 16.1. The summed E-state index contributed by atoms with van der Waals surface area (Å²) in [4.78, 5) is 10.7. The molecule has 0 aromatic heterocycles. The summed E-state index contributed by atoms with van der Waals surface area (Å²) in [6.45, 7) is 0. The number of rotatable bonds is 4. The molecule has 0 rings (SSSR count). The van der Waals surface area contributed by atoms with Crippen LogP contribution in [-0.4, -0.2) is 5.91 Å². The molecule has 0 fully saturated rings. The summed E-state index contributed by atoms with van der Waals surface area (Å²) in [6, 6.07) is 0. The first-order valence-electron chi connectivity index (χ1n) is 3.38. The molecule has 2 N–H and O–H groups in total. The second-order valence-corrected chi connectivity index (χ2v) is 2.25. The summed E-state index contributed by atoms with van der Waals surface area (Å²) >= 11 is 0. The summed E-state index contributed by atoms with van der Waals surface area (Å²) in [5, 5.41) is 0. The van der Waals surface area contributed by atoms with E-state index in [1.807, 2.05) is 0 Å². The first-order chi connectivity index (χ1) is 5.22. The highest BCUT2D eigenvalue weighted by Gasteiger charge is 2.12. The van der Waals surface area contributed by atoms with Crippen LogP contribution in [0.1, 0.15) is 19.3 Å². The number of hydrogen-bond donors (Lipinski definition) is 1. The SMILES string of the molecule is C#CCCC(CC#C)C(N)=O. The van der Waals surface area contributed by atoms with Crippen molar-refractivity contribution in [3.63, 3.8) is 0 Å². The minimum atomic E-state index is -0.363. The highest BCUT2D eigenvalue weighted by Crippen LogP contribution is 2.08. The zero-order chi connectivity index (χ0) is 8.69. The van der Waals surface area contributed by atoms with Crippen LogP contribution in [0.3, 0.4) is 0 Å². The molecule has 0 saturated carbocycles. The van der Waals surface area contributed by atoms with Gasteiger partial charge in [0.2, 0.25) is 5.91 Å². The van der Waals surface area contributed by atoms with Crippen LogP contribution >= 0.6 is 0 Å². The molecule has 0 aromatic carbocycles. The number of nitrogens with two attached hydrogens (primary N) is 1. The van der Waals surface area contributed by atoms with Crippen molar-refractivity contribution >= 4 is 5.91 Å². The Morgan fingerprint density at radius 3 is 2.45 bits per heavy atom. The van der Waals surface area contributed by atoms with Crippen molar-refractivity contribution in [1.82, 2.24) is 0 Å². The van der Waals surface area contributed by atoms with E-state index in [-0.39, 0.29) is 11.8 Å². The lowest BCUT2D eigenvalue weighted by Crippen LogP contribution is -2.22. The number of carbonyl (C=O) groups is 1. The first kappa shape index (κ1) is 9.59. The first-order valence-corrected chi connectivity index (χ1v) is 3.38. The lowest BCUT2D eigenvalue weighted by molar-refractivity contribution is -0.121. The molecule has 0 spiro atoms. The van der Waals surface area contributed by atoms with Gasteiger partial charge in [-0.15, -0.1) is 24.7 Å². The maximum atomic E-state index is 10.7.